The van der Waals surface area contributed by atoms with Crippen molar-refractivity contribution in [2.45, 2.75) is 57.8 Å². The molecule has 0 saturated carbocycles. The number of hydrogen-bond donors (Lipinski definition) is 2. The number of fused-ring (bicyclic) bond motifs is 2. The average molecular weight is 1050 g/mol. The predicted octanol–water partition coefficient (Wildman–Crippen LogP) is 10.0. The SMILES string of the molecule is Cc1cc(-c2cc3c(N4CCC(c5nc(-c6ccc(F)cc6)n[nH]5)CC4)ncnc3n2-c2ccccc2)ccn1.Cc1cc(C2=Cc3c(ncnc3N3CCC(c4nc(-c5ccc(F)cc5)n[nH]4)CC3)C2)ccn1.O=S=O. The lowest BCUT2D eigenvalue weighted by atomic mass is 9.96. The molecule has 13 rings (SSSR count). The van der Waals surface area contributed by atoms with Gasteiger partial charge >= 0.3 is 11.6 Å². The Labute approximate surface area is 445 Å². The van der Waals surface area contributed by atoms with E-state index in [1.807, 2.05) is 50.5 Å². The van der Waals surface area contributed by atoms with E-state index in [-0.39, 0.29) is 17.6 Å². The summed E-state index contributed by atoms with van der Waals surface area (Å²) in [5.74, 6) is 4.95. The Morgan fingerprint density at radius 3 is 1.66 bits per heavy atom. The van der Waals surface area contributed by atoms with Gasteiger partial charge in [0.1, 0.15) is 47.6 Å². The number of pyridine rings is 2. The summed E-state index contributed by atoms with van der Waals surface area (Å²) in [6.07, 6.45) is 13.8. The lowest BCUT2D eigenvalue weighted by Crippen LogP contribution is -2.34. The van der Waals surface area contributed by atoms with Crippen molar-refractivity contribution in [2.75, 3.05) is 36.0 Å². The largest absolute Gasteiger partial charge is 0.356 e. The van der Waals surface area contributed by atoms with E-state index in [2.05, 4.69) is 97.2 Å². The van der Waals surface area contributed by atoms with Crippen LogP contribution in [-0.4, -0.2) is 99.4 Å². The number of allylic oxidation sites excluding steroid dienone is 1. The van der Waals surface area contributed by atoms with E-state index in [9.17, 15) is 8.78 Å². The van der Waals surface area contributed by atoms with E-state index in [4.69, 9.17) is 28.4 Å². The third-order valence-corrected chi connectivity index (χ3v) is 14.2. The van der Waals surface area contributed by atoms with E-state index in [0.29, 0.717) is 17.6 Å². The Balaban J connectivity index is 0.000000158. The Morgan fingerprint density at radius 2 is 1.09 bits per heavy atom. The van der Waals surface area contributed by atoms with E-state index in [1.165, 1.54) is 35.4 Å². The number of halogens is 2. The van der Waals surface area contributed by atoms with Gasteiger partial charge in [-0.1, -0.05) is 18.2 Å². The number of benzene rings is 3. The van der Waals surface area contributed by atoms with Crippen LogP contribution in [0, 0.1) is 25.5 Å². The third-order valence-electron chi connectivity index (χ3n) is 14.2. The summed E-state index contributed by atoms with van der Waals surface area (Å²) in [6, 6.07) is 33.3. The van der Waals surface area contributed by atoms with Gasteiger partial charge in [-0.2, -0.15) is 18.6 Å². The standard InChI is InChI=1S/C31H27FN8.C26H24FN7.O2S/c1-20-17-23(11-14-33-20)27-18-26-30(34-19-35-31(26)40(27)25-5-3-2-4-6-25)39-15-12-22(13-16-39)29-36-28(37-38-29)21-7-9-24(32)10-8-21;1-16-12-19(6-9-28-16)20-13-22-23(14-20)29-15-30-26(22)34-10-7-18(8-11-34)25-31-24(32-33-25)17-2-4-21(27)5-3-17;1-3-2/h2-11,14,17-19,22H,12-13,15-16H2,1H3,(H,36,37,38);2-6,9,12-13,15,18H,7-8,10-11,14H2,1H3,(H,31,32,33);. The second-order valence-corrected chi connectivity index (χ2v) is 19.2. The van der Waals surface area contributed by atoms with Crippen LogP contribution in [0.4, 0.5) is 20.4 Å². The molecule has 17 nitrogen and oxygen atoms in total. The number of nitrogens with zero attached hydrogens (tertiary/aromatic N) is 13. The smallest absolute Gasteiger partial charge is 0.335 e. The molecule has 386 valence electrons. The molecule has 0 unspecified atom stereocenters. The number of anilines is 2. The van der Waals surface area contributed by atoms with E-state index < -0.39 is 11.6 Å². The quantitative estimate of drug-likeness (QED) is 0.138. The summed E-state index contributed by atoms with van der Waals surface area (Å²) in [5, 5.41) is 16.0. The summed E-state index contributed by atoms with van der Waals surface area (Å²) in [7, 11) is 0. The highest BCUT2D eigenvalue weighted by Crippen LogP contribution is 2.39. The summed E-state index contributed by atoms with van der Waals surface area (Å²) in [5.41, 5.74) is 12.3. The molecule has 0 radical (unpaired) electrons. The first-order chi connectivity index (χ1) is 37.7. The van der Waals surface area contributed by atoms with Crippen molar-refractivity contribution in [2.24, 2.45) is 0 Å². The number of aryl methyl sites for hydroxylation is 2. The zero-order valence-electron chi connectivity index (χ0n) is 42.1. The van der Waals surface area contributed by atoms with Gasteiger partial charge in [0.2, 0.25) is 0 Å². The molecule has 2 aliphatic heterocycles. The van der Waals surface area contributed by atoms with Gasteiger partial charge in [-0.05, 0) is 148 Å². The number of rotatable bonds is 9. The summed E-state index contributed by atoms with van der Waals surface area (Å²) in [6.45, 7) is 7.47. The molecule has 0 atom stereocenters. The molecule has 2 saturated heterocycles. The van der Waals surface area contributed by atoms with E-state index >= 15 is 0 Å². The number of piperidine rings is 2. The summed E-state index contributed by atoms with van der Waals surface area (Å²) in [4.78, 5) is 41.6. The molecule has 0 amide bonds. The van der Waals surface area contributed by atoms with E-state index in [0.717, 1.165) is 143 Å². The summed E-state index contributed by atoms with van der Waals surface area (Å²) >= 11 is -0.750. The number of aromatic nitrogens is 13. The molecule has 0 spiro atoms. The molecule has 9 heterocycles. The minimum atomic E-state index is -0.750. The Hall–Kier alpha value is -9.04. The first kappa shape index (κ1) is 50.1. The monoisotopic (exact) mass is 1050 g/mol. The lowest BCUT2D eigenvalue weighted by Gasteiger charge is -2.32. The normalized spacial score (nSPS) is 14.6. The van der Waals surface area contributed by atoms with Crippen molar-refractivity contribution < 1.29 is 17.2 Å². The van der Waals surface area contributed by atoms with Gasteiger partial charge in [0.05, 0.1) is 16.8 Å². The van der Waals surface area contributed by atoms with Gasteiger partial charge in [0.25, 0.3) is 0 Å². The van der Waals surface area contributed by atoms with Gasteiger partial charge in [-0.25, -0.2) is 38.7 Å². The highest BCUT2D eigenvalue weighted by molar-refractivity contribution is 7.51. The zero-order valence-corrected chi connectivity index (χ0v) is 42.9. The second-order valence-electron chi connectivity index (χ2n) is 19.1. The maximum absolute atomic E-state index is 13.3. The fraction of sp³-hybridized carbons (Fsp3) is 0.228. The van der Waals surface area contributed by atoms with Crippen molar-refractivity contribution in [3.8, 4) is 39.7 Å². The van der Waals surface area contributed by atoms with Crippen LogP contribution in [0.25, 0.3) is 62.4 Å². The van der Waals surface area contributed by atoms with Gasteiger partial charge < -0.3 is 9.80 Å². The van der Waals surface area contributed by atoms with Crippen molar-refractivity contribution in [1.82, 2.24) is 64.8 Å². The van der Waals surface area contributed by atoms with Crippen LogP contribution in [0.15, 0.2) is 134 Å². The van der Waals surface area contributed by atoms with Crippen LogP contribution in [0.1, 0.15) is 77.4 Å². The van der Waals surface area contributed by atoms with Crippen molar-refractivity contribution in [3.05, 3.63) is 186 Å². The second kappa shape index (κ2) is 22.4. The number of aromatic amines is 2. The molecular formula is C57H51F2N15O2S. The fourth-order valence-corrected chi connectivity index (χ4v) is 10.4. The lowest BCUT2D eigenvalue weighted by molar-refractivity contribution is 0.484. The molecule has 3 aromatic carbocycles. The molecule has 20 heteroatoms. The van der Waals surface area contributed by atoms with Gasteiger partial charge in [0.15, 0.2) is 17.3 Å². The van der Waals surface area contributed by atoms with Crippen LogP contribution in [0.3, 0.4) is 0 Å². The molecule has 0 bridgehead atoms. The minimum Gasteiger partial charge on any atom is -0.356 e. The zero-order chi connectivity index (χ0) is 52.8. The van der Waals surface area contributed by atoms with Crippen LogP contribution in [0.5, 0.6) is 0 Å². The Bertz CT molecular complexity index is 3750. The molecule has 10 aromatic rings. The molecule has 2 N–H and O–H groups in total. The third kappa shape index (κ3) is 10.9. The molecule has 77 heavy (non-hydrogen) atoms. The number of para-hydroxylation sites is 1. The van der Waals surface area contributed by atoms with Gasteiger partial charge in [-0.15, -0.1) is 0 Å². The van der Waals surface area contributed by atoms with Crippen molar-refractivity contribution in [1.29, 1.82) is 0 Å². The van der Waals surface area contributed by atoms with Crippen LogP contribution in [-0.2, 0) is 18.0 Å². The molecular weight excluding hydrogens is 997 g/mol. The number of H-pyrrole nitrogens is 2. The van der Waals surface area contributed by atoms with Crippen LogP contribution >= 0.6 is 0 Å². The van der Waals surface area contributed by atoms with Crippen molar-refractivity contribution >= 4 is 45.9 Å². The average Bonchev–Trinajstić information content (AvgIpc) is 4.39. The molecule has 1 aliphatic carbocycles. The molecule has 3 aliphatic rings. The van der Waals surface area contributed by atoms with Gasteiger partial charge in [0, 0.05) is 96.2 Å². The minimum absolute atomic E-state index is 0.263. The van der Waals surface area contributed by atoms with Crippen molar-refractivity contribution in [3.63, 3.8) is 0 Å². The van der Waals surface area contributed by atoms with Crippen LogP contribution in [0.2, 0.25) is 0 Å². The first-order valence-corrected chi connectivity index (χ1v) is 26.0. The Morgan fingerprint density at radius 1 is 0.571 bits per heavy atom. The first-order valence-electron chi connectivity index (χ1n) is 25.3. The molecule has 7 aromatic heterocycles. The number of hydrogen-bond acceptors (Lipinski definition) is 14. The highest BCUT2D eigenvalue weighted by Gasteiger charge is 2.30. The van der Waals surface area contributed by atoms with Crippen LogP contribution < -0.4 is 9.80 Å². The Kier molecular flexibility index (Phi) is 14.6. The van der Waals surface area contributed by atoms with E-state index in [1.54, 1.807) is 36.9 Å². The maximum atomic E-state index is 13.3. The number of nitrogens with one attached hydrogen (secondary N) is 2. The predicted molar refractivity (Wildman–Crippen MR) is 290 cm³/mol. The highest BCUT2D eigenvalue weighted by atomic mass is 32.1. The fourth-order valence-electron chi connectivity index (χ4n) is 10.4. The summed E-state index contributed by atoms with van der Waals surface area (Å²) < 4.78 is 45.3. The maximum Gasteiger partial charge on any atom is 0.335 e. The topological polar surface area (TPSA) is 206 Å². The molecule has 2 fully saturated rings. The van der Waals surface area contributed by atoms with Gasteiger partial charge in [-0.3, -0.25) is 24.7 Å².